The topological polar surface area (TPSA) is 49.8 Å². The predicted octanol–water partition coefficient (Wildman–Crippen LogP) is 7.98. The Balaban J connectivity index is 2.06. The smallest absolute Gasteiger partial charge is 0.335 e. The zero-order valence-electron chi connectivity index (χ0n) is 20.9. The van der Waals surface area contributed by atoms with Gasteiger partial charge in [-0.2, -0.15) is 0 Å². The first-order valence-corrected chi connectivity index (χ1v) is 12.4. The molecule has 0 spiro atoms. The quantitative estimate of drug-likeness (QED) is 0.353. The summed E-state index contributed by atoms with van der Waals surface area (Å²) >= 11 is 0. The van der Waals surface area contributed by atoms with Gasteiger partial charge in [-0.3, -0.25) is 0 Å². The van der Waals surface area contributed by atoms with Crippen LogP contribution < -0.4 is 9.64 Å². The van der Waals surface area contributed by atoms with E-state index in [2.05, 4.69) is 57.7 Å². The second kappa shape index (κ2) is 10.9. The molecule has 3 rings (SSSR count). The SMILES string of the molecule is CCCCCCOc1cc2c(cc1N(CCC)c1ccc(C(=O)O)cc1)C(C)=CCC2(C)C. The summed E-state index contributed by atoms with van der Waals surface area (Å²) in [5.41, 5.74) is 6.32. The van der Waals surface area contributed by atoms with Crippen molar-refractivity contribution in [1.82, 2.24) is 0 Å². The van der Waals surface area contributed by atoms with E-state index >= 15 is 0 Å². The van der Waals surface area contributed by atoms with Gasteiger partial charge in [0.2, 0.25) is 0 Å². The molecule has 0 atom stereocenters. The minimum Gasteiger partial charge on any atom is -0.491 e. The third-order valence-corrected chi connectivity index (χ3v) is 6.59. The van der Waals surface area contributed by atoms with E-state index in [1.807, 2.05) is 12.1 Å². The number of nitrogens with zero attached hydrogens (tertiary/aromatic N) is 1. The van der Waals surface area contributed by atoms with Crippen LogP contribution in [0.2, 0.25) is 0 Å². The molecule has 0 bridgehead atoms. The Morgan fingerprint density at radius 1 is 1.06 bits per heavy atom. The second-order valence-electron chi connectivity index (χ2n) is 9.75. The fourth-order valence-corrected chi connectivity index (χ4v) is 4.52. The number of allylic oxidation sites excluding steroid dienone is 2. The summed E-state index contributed by atoms with van der Waals surface area (Å²) in [6, 6.07) is 11.7. The summed E-state index contributed by atoms with van der Waals surface area (Å²) in [6.07, 6.45) is 9.00. The van der Waals surface area contributed by atoms with E-state index in [0.717, 1.165) is 42.9 Å². The molecule has 0 saturated heterocycles. The lowest BCUT2D eigenvalue weighted by Gasteiger charge is -2.34. The highest BCUT2D eigenvalue weighted by Gasteiger charge is 2.29. The van der Waals surface area contributed by atoms with Gasteiger partial charge in [0.15, 0.2) is 0 Å². The summed E-state index contributed by atoms with van der Waals surface area (Å²) in [6.45, 7) is 12.7. The van der Waals surface area contributed by atoms with Crippen LogP contribution in [0.1, 0.15) is 94.6 Å². The van der Waals surface area contributed by atoms with Gasteiger partial charge in [-0.05, 0) is 84.7 Å². The molecule has 4 heteroatoms. The van der Waals surface area contributed by atoms with E-state index in [-0.39, 0.29) is 5.41 Å². The summed E-state index contributed by atoms with van der Waals surface area (Å²) in [7, 11) is 0. The maximum Gasteiger partial charge on any atom is 0.335 e. The van der Waals surface area contributed by atoms with Gasteiger partial charge in [0.05, 0.1) is 17.9 Å². The van der Waals surface area contributed by atoms with Crippen molar-refractivity contribution in [2.45, 2.75) is 78.6 Å². The van der Waals surface area contributed by atoms with Gasteiger partial charge in [0.1, 0.15) is 5.75 Å². The monoisotopic (exact) mass is 449 g/mol. The van der Waals surface area contributed by atoms with Gasteiger partial charge in [0, 0.05) is 12.2 Å². The maximum atomic E-state index is 11.3. The number of rotatable bonds is 11. The Labute approximate surface area is 199 Å². The third kappa shape index (κ3) is 5.79. The van der Waals surface area contributed by atoms with Crippen LogP contribution in [0.3, 0.4) is 0 Å². The molecule has 0 amide bonds. The molecule has 33 heavy (non-hydrogen) atoms. The molecule has 1 aliphatic rings. The Bertz CT molecular complexity index is 989. The summed E-state index contributed by atoms with van der Waals surface area (Å²) < 4.78 is 6.43. The minimum absolute atomic E-state index is 0.0619. The summed E-state index contributed by atoms with van der Waals surface area (Å²) in [5.74, 6) is 0.0141. The Kier molecular flexibility index (Phi) is 8.23. The summed E-state index contributed by atoms with van der Waals surface area (Å²) in [5, 5.41) is 9.31. The van der Waals surface area contributed by atoms with E-state index in [9.17, 15) is 9.90 Å². The van der Waals surface area contributed by atoms with Crippen LogP contribution >= 0.6 is 0 Å². The van der Waals surface area contributed by atoms with Gasteiger partial charge in [-0.25, -0.2) is 4.79 Å². The molecular weight excluding hydrogens is 410 g/mol. The minimum atomic E-state index is -0.906. The number of carboxylic acids is 1. The molecule has 0 heterocycles. The largest absolute Gasteiger partial charge is 0.491 e. The number of fused-ring (bicyclic) bond motifs is 1. The Hall–Kier alpha value is -2.75. The highest BCUT2D eigenvalue weighted by atomic mass is 16.5. The first-order valence-electron chi connectivity index (χ1n) is 12.4. The van der Waals surface area contributed by atoms with E-state index in [0.29, 0.717) is 12.2 Å². The third-order valence-electron chi connectivity index (χ3n) is 6.59. The molecule has 0 radical (unpaired) electrons. The fourth-order valence-electron chi connectivity index (χ4n) is 4.52. The number of hydrogen-bond acceptors (Lipinski definition) is 3. The molecule has 2 aromatic rings. The van der Waals surface area contributed by atoms with Crippen molar-refractivity contribution in [2.75, 3.05) is 18.1 Å². The molecule has 0 aromatic heterocycles. The van der Waals surface area contributed by atoms with Crippen molar-refractivity contribution < 1.29 is 14.6 Å². The normalized spacial score (nSPS) is 14.4. The van der Waals surface area contributed by atoms with Crippen LogP contribution in [0.25, 0.3) is 5.57 Å². The lowest BCUT2D eigenvalue weighted by molar-refractivity contribution is 0.0697. The Morgan fingerprint density at radius 3 is 2.42 bits per heavy atom. The molecule has 0 unspecified atom stereocenters. The average Bonchev–Trinajstić information content (AvgIpc) is 2.80. The van der Waals surface area contributed by atoms with E-state index in [1.54, 1.807) is 12.1 Å². The number of carbonyl (C=O) groups is 1. The number of aromatic carboxylic acids is 1. The van der Waals surface area contributed by atoms with Crippen LogP contribution in [0.4, 0.5) is 11.4 Å². The molecule has 178 valence electrons. The van der Waals surface area contributed by atoms with Gasteiger partial charge < -0.3 is 14.7 Å². The number of hydrogen-bond donors (Lipinski definition) is 1. The first kappa shape index (κ1) is 24.9. The number of anilines is 2. The van der Waals surface area contributed by atoms with Crippen LogP contribution in [0.15, 0.2) is 42.5 Å². The van der Waals surface area contributed by atoms with Crippen LogP contribution in [0, 0.1) is 0 Å². The standard InChI is InChI=1S/C29H39NO3/c1-6-8-9-10-18-33-27-20-25-24(21(3)15-16-29(25,4)5)19-26(27)30(17-7-2)23-13-11-22(12-14-23)28(31)32/h11-15,19-20H,6-10,16-18H2,1-5H3,(H,31,32). The van der Waals surface area contributed by atoms with Crippen LogP contribution in [-0.4, -0.2) is 24.2 Å². The van der Waals surface area contributed by atoms with E-state index < -0.39 is 5.97 Å². The number of carboxylic acid groups (broad SMARTS) is 1. The maximum absolute atomic E-state index is 11.3. The molecule has 1 N–H and O–H groups in total. The lowest BCUT2D eigenvalue weighted by Crippen LogP contribution is -2.24. The molecule has 0 aliphatic heterocycles. The number of benzene rings is 2. The second-order valence-corrected chi connectivity index (χ2v) is 9.75. The van der Waals surface area contributed by atoms with Gasteiger partial charge in [-0.1, -0.05) is 53.0 Å². The molecule has 0 fully saturated rings. The van der Waals surface area contributed by atoms with E-state index in [1.165, 1.54) is 36.0 Å². The summed E-state index contributed by atoms with van der Waals surface area (Å²) in [4.78, 5) is 13.6. The molecule has 0 saturated carbocycles. The zero-order valence-corrected chi connectivity index (χ0v) is 20.9. The average molecular weight is 450 g/mol. The van der Waals surface area contributed by atoms with Crippen molar-refractivity contribution in [2.24, 2.45) is 0 Å². The van der Waals surface area contributed by atoms with Crippen molar-refractivity contribution in [3.05, 3.63) is 59.2 Å². The highest BCUT2D eigenvalue weighted by Crippen LogP contribution is 2.45. The van der Waals surface area contributed by atoms with Crippen LogP contribution in [0.5, 0.6) is 5.75 Å². The zero-order chi connectivity index (χ0) is 24.0. The van der Waals surface area contributed by atoms with Crippen LogP contribution in [-0.2, 0) is 5.41 Å². The molecule has 1 aliphatic carbocycles. The predicted molar refractivity (Wildman–Crippen MR) is 138 cm³/mol. The number of ether oxygens (including phenoxy) is 1. The van der Waals surface area contributed by atoms with Crippen molar-refractivity contribution >= 4 is 22.9 Å². The van der Waals surface area contributed by atoms with Crippen molar-refractivity contribution in [1.29, 1.82) is 0 Å². The van der Waals surface area contributed by atoms with Crippen molar-refractivity contribution in [3.63, 3.8) is 0 Å². The first-order chi connectivity index (χ1) is 15.8. The molecular formula is C29H39NO3. The fraction of sp³-hybridized carbons (Fsp3) is 0.483. The van der Waals surface area contributed by atoms with Gasteiger partial charge in [0.25, 0.3) is 0 Å². The van der Waals surface area contributed by atoms with E-state index in [4.69, 9.17) is 4.74 Å². The molecule has 2 aromatic carbocycles. The number of unbranched alkanes of at least 4 members (excludes halogenated alkanes) is 3. The highest BCUT2D eigenvalue weighted by molar-refractivity contribution is 5.88. The van der Waals surface area contributed by atoms with Crippen molar-refractivity contribution in [3.8, 4) is 5.75 Å². The Morgan fingerprint density at radius 2 is 1.79 bits per heavy atom. The van der Waals surface area contributed by atoms with Gasteiger partial charge in [-0.15, -0.1) is 0 Å². The lowest BCUT2D eigenvalue weighted by atomic mass is 9.73. The van der Waals surface area contributed by atoms with Gasteiger partial charge >= 0.3 is 5.97 Å². The molecule has 4 nitrogen and oxygen atoms in total.